The van der Waals surface area contributed by atoms with Crippen LogP contribution in [-0.2, 0) is 16.0 Å². The molecular weight excluding hydrogens is 496 g/mol. The standard InChI is InChI=1S/C27H23BrN2O4/c1-27(2,3)34-24(31)15-33-19-12-21-20-11-17(28)7-8-23(20)30-14-16(10-18-6-4-5-9-29-18)26(32)22(13-19)25(21)30/h4-9,11-14H,10,15H2,1-3H3. The average Bonchev–Trinajstić information content (AvgIpc) is 3.08. The van der Waals surface area contributed by atoms with E-state index in [1.807, 2.05) is 69.4 Å². The van der Waals surface area contributed by atoms with Crippen LogP contribution in [0, 0.1) is 0 Å². The second kappa shape index (κ2) is 8.40. The van der Waals surface area contributed by atoms with E-state index >= 15 is 0 Å². The average molecular weight is 519 g/mol. The fraction of sp³-hybridized carbons (Fsp3) is 0.222. The second-order valence-corrected chi connectivity index (χ2v) is 10.2. The minimum atomic E-state index is -0.600. The number of fused-ring (bicyclic) bond motifs is 3. The van der Waals surface area contributed by atoms with Gasteiger partial charge < -0.3 is 13.9 Å². The largest absolute Gasteiger partial charge is 0.482 e. The quantitative estimate of drug-likeness (QED) is 0.287. The van der Waals surface area contributed by atoms with Gasteiger partial charge in [-0.05, 0) is 63.2 Å². The number of carbonyl (C=O) groups excluding carboxylic acids is 1. The van der Waals surface area contributed by atoms with Crippen LogP contribution in [0.5, 0.6) is 5.75 Å². The molecule has 7 heteroatoms. The van der Waals surface area contributed by atoms with Crippen molar-refractivity contribution in [1.82, 2.24) is 9.38 Å². The van der Waals surface area contributed by atoms with Crippen LogP contribution in [0.1, 0.15) is 32.0 Å². The molecule has 5 aromatic rings. The molecule has 0 aliphatic heterocycles. The van der Waals surface area contributed by atoms with Crippen molar-refractivity contribution >= 4 is 49.1 Å². The lowest BCUT2D eigenvalue weighted by Crippen LogP contribution is -2.27. The van der Waals surface area contributed by atoms with Crippen molar-refractivity contribution in [2.75, 3.05) is 6.61 Å². The van der Waals surface area contributed by atoms with Crippen molar-refractivity contribution in [3.8, 4) is 5.75 Å². The minimum Gasteiger partial charge on any atom is -0.482 e. The Morgan fingerprint density at radius 1 is 1.06 bits per heavy atom. The van der Waals surface area contributed by atoms with Crippen LogP contribution in [0.3, 0.4) is 0 Å². The molecule has 5 rings (SSSR count). The highest BCUT2D eigenvalue weighted by atomic mass is 79.9. The Hall–Kier alpha value is -3.45. The highest BCUT2D eigenvalue weighted by Gasteiger charge is 2.20. The van der Waals surface area contributed by atoms with E-state index in [4.69, 9.17) is 9.47 Å². The van der Waals surface area contributed by atoms with E-state index in [1.165, 1.54) is 0 Å². The van der Waals surface area contributed by atoms with E-state index in [-0.39, 0.29) is 12.0 Å². The van der Waals surface area contributed by atoms with Crippen molar-refractivity contribution in [2.24, 2.45) is 0 Å². The molecule has 34 heavy (non-hydrogen) atoms. The first-order chi connectivity index (χ1) is 16.2. The second-order valence-electron chi connectivity index (χ2n) is 9.25. The molecule has 0 N–H and O–H groups in total. The number of ether oxygens (including phenoxy) is 2. The topological polar surface area (TPSA) is 69.9 Å². The maximum Gasteiger partial charge on any atom is 0.344 e. The summed E-state index contributed by atoms with van der Waals surface area (Å²) < 4.78 is 14.1. The predicted molar refractivity (Wildman–Crippen MR) is 136 cm³/mol. The van der Waals surface area contributed by atoms with Crippen LogP contribution in [-0.4, -0.2) is 27.6 Å². The van der Waals surface area contributed by atoms with Crippen molar-refractivity contribution in [3.63, 3.8) is 0 Å². The molecular formula is C27H23BrN2O4. The molecule has 0 spiro atoms. The van der Waals surface area contributed by atoms with Gasteiger partial charge >= 0.3 is 5.97 Å². The number of carbonyl (C=O) groups is 1. The number of aromatic nitrogens is 2. The Labute approximate surface area is 204 Å². The summed E-state index contributed by atoms with van der Waals surface area (Å²) in [5.74, 6) is -0.0201. The van der Waals surface area contributed by atoms with Crippen molar-refractivity contribution in [2.45, 2.75) is 32.8 Å². The summed E-state index contributed by atoms with van der Waals surface area (Å²) in [6, 6.07) is 15.3. The molecule has 3 aromatic heterocycles. The molecule has 3 heterocycles. The van der Waals surface area contributed by atoms with Gasteiger partial charge in [-0.2, -0.15) is 0 Å². The molecule has 0 unspecified atom stereocenters. The van der Waals surface area contributed by atoms with Gasteiger partial charge in [0.05, 0.1) is 16.4 Å². The highest BCUT2D eigenvalue weighted by molar-refractivity contribution is 9.10. The zero-order valence-corrected chi connectivity index (χ0v) is 20.7. The maximum absolute atomic E-state index is 13.6. The third kappa shape index (κ3) is 4.23. The maximum atomic E-state index is 13.6. The number of nitrogens with zero attached hydrogens (tertiary/aromatic N) is 2. The molecule has 0 amide bonds. The van der Waals surface area contributed by atoms with Gasteiger partial charge in [-0.25, -0.2) is 4.79 Å². The first-order valence-electron chi connectivity index (χ1n) is 11.0. The normalized spacial score (nSPS) is 12.0. The van der Waals surface area contributed by atoms with Gasteiger partial charge in [-0.3, -0.25) is 9.78 Å². The smallest absolute Gasteiger partial charge is 0.344 e. The van der Waals surface area contributed by atoms with E-state index in [0.717, 1.165) is 32.0 Å². The van der Waals surface area contributed by atoms with Gasteiger partial charge in [-0.15, -0.1) is 0 Å². The summed E-state index contributed by atoms with van der Waals surface area (Å²) in [4.78, 5) is 30.1. The van der Waals surface area contributed by atoms with E-state index in [1.54, 1.807) is 12.3 Å². The Balaban J connectivity index is 1.67. The third-order valence-electron chi connectivity index (χ3n) is 5.53. The zero-order chi connectivity index (χ0) is 24.0. The Bertz CT molecular complexity index is 1590. The van der Waals surface area contributed by atoms with Gasteiger partial charge in [0, 0.05) is 45.3 Å². The number of benzene rings is 2. The van der Waals surface area contributed by atoms with Crippen molar-refractivity contribution in [3.05, 3.63) is 86.9 Å². The number of hydrogen-bond donors (Lipinski definition) is 0. The molecule has 0 aliphatic carbocycles. The van der Waals surface area contributed by atoms with Gasteiger partial charge in [-0.1, -0.05) is 22.0 Å². The number of hydrogen-bond acceptors (Lipinski definition) is 5. The third-order valence-corrected chi connectivity index (χ3v) is 6.02. The van der Waals surface area contributed by atoms with E-state index in [9.17, 15) is 9.59 Å². The summed E-state index contributed by atoms with van der Waals surface area (Å²) in [5, 5.41) is 2.41. The van der Waals surface area contributed by atoms with Crippen LogP contribution in [0.2, 0.25) is 0 Å². The minimum absolute atomic E-state index is 0.0762. The van der Waals surface area contributed by atoms with E-state index in [2.05, 4.69) is 25.3 Å². The molecule has 2 aromatic carbocycles. The Morgan fingerprint density at radius 3 is 2.59 bits per heavy atom. The summed E-state index contributed by atoms with van der Waals surface area (Å²) >= 11 is 3.56. The van der Waals surface area contributed by atoms with Crippen LogP contribution in [0.4, 0.5) is 0 Å². The predicted octanol–water partition coefficient (Wildman–Crippen LogP) is 5.51. The summed E-state index contributed by atoms with van der Waals surface area (Å²) in [5.41, 5.74) is 2.59. The molecule has 172 valence electrons. The highest BCUT2D eigenvalue weighted by Crippen LogP contribution is 2.35. The molecule has 6 nitrogen and oxygen atoms in total. The number of esters is 1. The fourth-order valence-electron chi connectivity index (χ4n) is 4.24. The summed E-state index contributed by atoms with van der Waals surface area (Å²) in [6.45, 7) is 5.18. The summed E-state index contributed by atoms with van der Waals surface area (Å²) in [7, 11) is 0. The molecule has 0 atom stereocenters. The first-order valence-corrected chi connectivity index (χ1v) is 11.8. The lowest BCUT2D eigenvalue weighted by atomic mass is 10.1. The molecule has 0 aliphatic rings. The van der Waals surface area contributed by atoms with Crippen LogP contribution < -0.4 is 10.2 Å². The molecule has 0 radical (unpaired) electrons. The SMILES string of the molecule is CC(C)(C)OC(=O)COc1cc2c(=O)c(Cc3ccccn3)cn3c4ccc(Br)cc4c(c1)c23. The van der Waals surface area contributed by atoms with Gasteiger partial charge in [0.2, 0.25) is 0 Å². The lowest BCUT2D eigenvalue weighted by molar-refractivity contribution is -0.157. The van der Waals surface area contributed by atoms with Crippen LogP contribution in [0.25, 0.3) is 27.2 Å². The van der Waals surface area contributed by atoms with E-state index < -0.39 is 11.6 Å². The Kier molecular flexibility index (Phi) is 5.52. The molecule has 0 saturated carbocycles. The van der Waals surface area contributed by atoms with Crippen LogP contribution in [0.15, 0.2) is 70.2 Å². The van der Waals surface area contributed by atoms with Gasteiger partial charge in [0.1, 0.15) is 11.4 Å². The Morgan fingerprint density at radius 2 is 1.85 bits per heavy atom. The van der Waals surface area contributed by atoms with Gasteiger partial charge in [0.15, 0.2) is 12.0 Å². The lowest BCUT2D eigenvalue weighted by Gasteiger charge is -2.19. The number of halogens is 1. The molecule has 0 fully saturated rings. The molecule has 0 bridgehead atoms. The molecule has 0 saturated heterocycles. The van der Waals surface area contributed by atoms with Crippen molar-refractivity contribution in [1.29, 1.82) is 0 Å². The zero-order valence-electron chi connectivity index (χ0n) is 19.1. The fourth-order valence-corrected chi connectivity index (χ4v) is 4.60. The monoisotopic (exact) mass is 518 g/mol. The van der Waals surface area contributed by atoms with E-state index in [0.29, 0.717) is 23.1 Å². The summed E-state index contributed by atoms with van der Waals surface area (Å²) in [6.07, 6.45) is 4.05. The number of pyridine rings is 2. The van der Waals surface area contributed by atoms with Crippen LogP contribution >= 0.6 is 15.9 Å². The van der Waals surface area contributed by atoms with Crippen molar-refractivity contribution < 1.29 is 14.3 Å². The first kappa shape index (κ1) is 22.3. The number of rotatable bonds is 5. The van der Waals surface area contributed by atoms with Gasteiger partial charge in [0.25, 0.3) is 0 Å².